The fraction of sp³-hybridized carbons (Fsp3) is 0.188. The number of esters is 1. The molecule has 0 saturated carbocycles. The first-order valence-electron chi connectivity index (χ1n) is 6.65. The molecule has 0 bridgehead atoms. The van der Waals surface area contributed by atoms with Crippen molar-refractivity contribution in [3.8, 4) is 0 Å². The van der Waals surface area contributed by atoms with Gasteiger partial charge in [0, 0.05) is 26.0 Å². The molecular weight excluding hydrogens is 282 g/mol. The van der Waals surface area contributed by atoms with Crippen LogP contribution in [0.15, 0.2) is 42.6 Å². The Morgan fingerprint density at radius 2 is 1.82 bits per heavy atom. The molecule has 0 saturated heterocycles. The maximum Gasteiger partial charge on any atom is 0.337 e. The molecule has 1 aromatic carbocycles. The number of carbonyl (C=O) groups excluding carboxylic acids is 2. The molecule has 6 heteroatoms. The zero-order valence-electron chi connectivity index (χ0n) is 12.7. The number of pyridine rings is 1. The minimum Gasteiger partial charge on any atom is -0.465 e. The SMILES string of the molecule is COC(=O)c1ccc(NC(=O)c2cccnc2N(C)C)cc1. The molecule has 6 nitrogen and oxygen atoms in total. The van der Waals surface area contributed by atoms with Gasteiger partial charge in [0.2, 0.25) is 0 Å². The first-order chi connectivity index (χ1) is 10.5. The monoisotopic (exact) mass is 299 g/mol. The molecule has 0 spiro atoms. The molecule has 1 heterocycles. The minimum absolute atomic E-state index is 0.261. The second kappa shape index (κ2) is 6.71. The summed E-state index contributed by atoms with van der Waals surface area (Å²) in [6.07, 6.45) is 1.64. The van der Waals surface area contributed by atoms with E-state index in [2.05, 4.69) is 15.0 Å². The number of hydrogen-bond donors (Lipinski definition) is 1. The smallest absolute Gasteiger partial charge is 0.337 e. The lowest BCUT2D eigenvalue weighted by Gasteiger charge is -2.15. The molecular formula is C16H17N3O3. The van der Waals surface area contributed by atoms with Crippen molar-refractivity contribution in [2.45, 2.75) is 0 Å². The Kier molecular flexibility index (Phi) is 4.73. The molecule has 0 unspecified atom stereocenters. The van der Waals surface area contributed by atoms with Crippen LogP contribution in [0.4, 0.5) is 11.5 Å². The third kappa shape index (κ3) is 3.41. The fourth-order valence-corrected chi connectivity index (χ4v) is 1.94. The number of rotatable bonds is 4. The van der Waals surface area contributed by atoms with Gasteiger partial charge in [0.1, 0.15) is 5.82 Å². The number of nitrogens with zero attached hydrogens (tertiary/aromatic N) is 2. The summed E-state index contributed by atoms with van der Waals surface area (Å²) < 4.78 is 4.63. The second-order valence-corrected chi connectivity index (χ2v) is 4.79. The van der Waals surface area contributed by atoms with Crippen LogP contribution in [0.1, 0.15) is 20.7 Å². The van der Waals surface area contributed by atoms with E-state index >= 15 is 0 Å². The lowest BCUT2D eigenvalue weighted by atomic mass is 10.2. The lowest BCUT2D eigenvalue weighted by molar-refractivity contribution is 0.0600. The minimum atomic E-state index is -0.417. The Bertz CT molecular complexity index is 681. The molecule has 0 atom stereocenters. The number of benzene rings is 1. The quantitative estimate of drug-likeness (QED) is 0.876. The highest BCUT2D eigenvalue weighted by Gasteiger charge is 2.14. The normalized spacial score (nSPS) is 9.95. The van der Waals surface area contributed by atoms with Crippen molar-refractivity contribution in [1.82, 2.24) is 4.98 Å². The van der Waals surface area contributed by atoms with Crippen LogP contribution < -0.4 is 10.2 Å². The summed E-state index contributed by atoms with van der Waals surface area (Å²) in [5.74, 6) is -0.0890. The average Bonchev–Trinajstić information content (AvgIpc) is 2.54. The highest BCUT2D eigenvalue weighted by atomic mass is 16.5. The van der Waals surface area contributed by atoms with Gasteiger partial charge in [-0.25, -0.2) is 9.78 Å². The van der Waals surface area contributed by atoms with E-state index in [1.54, 1.807) is 47.5 Å². The summed E-state index contributed by atoms with van der Waals surface area (Å²) in [7, 11) is 4.97. The fourth-order valence-electron chi connectivity index (χ4n) is 1.94. The first kappa shape index (κ1) is 15.5. The van der Waals surface area contributed by atoms with E-state index in [1.807, 2.05) is 14.1 Å². The molecule has 114 valence electrons. The standard InChI is InChI=1S/C16H17N3O3/c1-19(2)14-13(5-4-10-17-14)15(20)18-12-8-6-11(7-9-12)16(21)22-3/h4-10H,1-3H3,(H,18,20). The highest BCUT2D eigenvalue weighted by molar-refractivity contribution is 6.07. The molecule has 1 N–H and O–H groups in total. The van der Waals surface area contributed by atoms with E-state index in [-0.39, 0.29) is 5.91 Å². The van der Waals surface area contributed by atoms with Crippen LogP contribution in [0, 0.1) is 0 Å². The number of anilines is 2. The number of aromatic nitrogens is 1. The Labute approximate surface area is 128 Å². The van der Waals surface area contributed by atoms with Crippen molar-refractivity contribution in [3.63, 3.8) is 0 Å². The van der Waals surface area contributed by atoms with E-state index in [0.717, 1.165) is 0 Å². The molecule has 1 amide bonds. The van der Waals surface area contributed by atoms with Gasteiger partial charge in [0.15, 0.2) is 0 Å². The summed E-state index contributed by atoms with van der Waals surface area (Å²) in [4.78, 5) is 29.7. The van der Waals surface area contributed by atoms with Crippen LogP contribution in [-0.2, 0) is 4.74 Å². The molecule has 2 rings (SSSR count). The van der Waals surface area contributed by atoms with Crippen LogP contribution in [0.25, 0.3) is 0 Å². The number of hydrogen-bond acceptors (Lipinski definition) is 5. The lowest BCUT2D eigenvalue weighted by Crippen LogP contribution is -2.19. The van der Waals surface area contributed by atoms with E-state index in [4.69, 9.17) is 0 Å². The molecule has 22 heavy (non-hydrogen) atoms. The van der Waals surface area contributed by atoms with Crippen LogP contribution >= 0.6 is 0 Å². The topological polar surface area (TPSA) is 71.5 Å². The third-order valence-electron chi connectivity index (χ3n) is 3.02. The zero-order chi connectivity index (χ0) is 16.1. The van der Waals surface area contributed by atoms with Crippen molar-refractivity contribution in [1.29, 1.82) is 0 Å². The Hall–Kier alpha value is -2.89. The van der Waals surface area contributed by atoms with Crippen LogP contribution in [0.2, 0.25) is 0 Å². The van der Waals surface area contributed by atoms with Crippen molar-refractivity contribution in [3.05, 3.63) is 53.7 Å². The van der Waals surface area contributed by atoms with Gasteiger partial charge in [-0.05, 0) is 36.4 Å². The summed E-state index contributed by atoms with van der Waals surface area (Å²) >= 11 is 0. The molecule has 2 aromatic rings. The van der Waals surface area contributed by atoms with Crippen LogP contribution in [0.3, 0.4) is 0 Å². The van der Waals surface area contributed by atoms with Gasteiger partial charge >= 0.3 is 5.97 Å². The van der Waals surface area contributed by atoms with Crippen molar-refractivity contribution in [2.24, 2.45) is 0 Å². The summed E-state index contributed by atoms with van der Waals surface area (Å²) in [6, 6.07) is 9.91. The van der Waals surface area contributed by atoms with E-state index in [1.165, 1.54) is 7.11 Å². The van der Waals surface area contributed by atoms with Crippen molar-refractivity contribution >= 4 is 23.4 Å². The number of carbonyl (C=O) groups is 2. The van der Waals surface area contributed by atoms with Gasteiger partial charge in [-0.3, -0.25) is 4.79 Å². The molecule has 0 aliphatic rings. The number of methoxy groups -OCH3 is 1. The Balaban J connectivity index is 2.17. The second-order valence-electron chi connectivity index (χ2n) is 4.79. The van der Waals surface area contributed by atoms with Gasteiger partial charge in [0.05, 0.1) is 18.2 Å². The third-order valence-corrected chi connectivity index (χ3v) is 3.02. The Morgan fingerprint density at radius 3 is 2.41 bits per heavy atom. The number of nitrogens with one attached hydrogen (secondary N) is 1. The van der Waals surface area contributed by atoms with Crippen molar-refractivity contribution in [2.75, 3.05) is 31.4 Å². The van der Waals surface area contributed by atoms with Gasteiger partial charge in [-0.2, -0.15) is 0 Å². The largest absolute Gasteiger partial charge is 0.465 e. The number of ether oxygens (including phenoxy) is 1. The summed E-state index contributed by atoms with van der Waals surface area (Å²) in [5.41, 5.74) is 1.49. The molecule has 0 radical (unpaired) electrons. The number of amides is 1. The first-order valence-corrected chi connectivity index (χ1v) is 6.65. The molecule has 0 aliphatic heterocycles. The highest BCUT2D eigenvalue weighted by Crippen LogP contribution is 2.17. The van der Waals surface area contributed by atoms with E-state index in [9.17, 15) is 9.59 Å². The van der Waals surface area contributed by atoms with E-state index < -0.39 is 5.97 Å². The van der Waals surface area contributed by atoms with Gasteiger partial charge in [0.25, 0.3) is 5.91 Å². The maximum atomic E-state index is 12.3. The molecule has 0 fully saturated rings. The summed E-state index contributed by atoms with van der Waals surface area (Å²) in [6.45, 7) is 0. The van der Waals surface area contributed by atoms with Gasteiger partial charge in [-0.1, -0.05) is 0 Å². The predicted molar refractivity (Wildman–Crippen MR) is 84.3 cm³/mol. The molecule has 1 aromatic heterocycles. The maximum absolute atomic E-state index is 12.3. The molecule has 0 aliphatic carbocycles. The van der Waals surface area contributed by atoms with Gasteiger partial charge < -0.3 is 15.0 Å². The zero-order valence-corrected chi connectivity index (χ0v) is 12.7. The van der Waals surface area contributed by atoms with E-state index in [0.29, 0.717) is 22.6 Å². The summed E-state index contributed by atoms with van der Waals surface area (Å²) in [5, 5.41) is 2.78. The van der Waals surface area contributed by atoms with Crippen LogP contribution in [0.5, 0.6) is 0 Å². The predicted octanol–water partition coefficient (Wildman–Crippen LogP) is 2.19. The van der Waals surface area contributed by atoms with Crippen molar-refractivity contribution < 1.29 is 14.3 Å². The Morgan fingerprint density at radius 1 is 1.14 bits per heavy atom. The average molecular weight is 299 g/mol. The van der Waals surface area contributed by atoms with Crippen LogP contribution in [-0.4, -0.2) is 38.1 Å². The van der Waals surface area contributed by atoms with Gasteiger partial charge in [-0.15, -0.1) is 0 Å².